The van der Waals surface area contributed by atoms with Crippen LogP contribution in [-0.4, -0.2) is 50.4 Å². The SMILES string of the molecule is O=C(c1ccc2n[nH]nc2c1)N1CCCC(OCc2ccccn2)C1. The van der Waals surface area contributed by atoms with Gasteiger partial charge >= 0.3 is 0 Å². The Balaban J connectivity index is 1.40. The minimum absolute atomic E-state index is 0.0102. The van der Waals surface area contributed by atoms with Gasteiger partial charge in [0.25, 0.3) is 5.91 Å². The van der Waals surface area contributed by atoms with Crippen LogP contribution in [0.4, 0.5) is 0 Å². The van der Waals surface area contributed by atoms with E-state index in [1.165, 1.54) is 0 Å². The number of aromatic nitrogens is 4. The number of amides is 1. The van der Waals surface area contributed by atoms with Crippen molar-refractivity contribution in [1.82, 2.24) is 25.3 Å². The largest absolute Gasteiger partial charge is 0.370 e. The lowest BCUT2D eigenvalue weighted by Crippen LogP contribution is -2.43. The molecule has 1 aliphatic rings. The zero-order valence-electron chi connectivity index (χ0n) is 13.8. The Labute approximate surface area is 145 Å². The number of nitrogens with zero attached hydrogens (tertiary/aromatic N) is 4. The van der Waals surface area contributed by atoms with Crippen molar-refractivity contribution >= 4 is 16.9 Å². The number of carbonyl (C=O) groups is 1. The number of hydrogen-bond donors (Lipinski definition) is 1. The van der Waals surface area contributed by atoms with Crippen LogP contribution in [0.25, 0.3) is 11.0 Å². The number of pyridine rings is 1. The van der Waals surface area contributed by atoms with Gasteiger partial charge in [-0.05, 0) is 43.2 Å². The van der Waals surface area contributed by atoms with Crippen LogP contribution in [-0.2, 0) is 11.3 Å². The van der Waals surface area contributed by atoms with Gasteiger partial charge in [0, 0.05) is 24.8 Å². The fraction of sp³-hybridized carbons (Fsp3) is 0.333. The van der Waals surface area contributed by atoms with E-state index in [4.69, 9.17) is 4.74 Å². The molecule has 0 bridgehead atoms. The summed E-state index contributed by atoms with van der Waals surface area (Å²) in [5, 5.41) is 10.6. The number of carbonyl (C=O) groups excluding carboxylic acids is 1. The van der Waals surface area contributed by atoms with Gasteiger partial charge in [0.05, 0.1) is 18.4 Å². The standard InChI is InChI=1S/C18H19N5O2/c24-18(13-6-7-16-17(10-13)21-22-20-16)23-9-3-5-15(11-23)25-12-14-4-1-2-8-19-14/h1-2,4,6-8,10,15H,3,5,9,11-12H2,(H,20,21,22). The molecule has 0 saturated carbocycles. The molecule has 1 fully saturated rings. The second kappa shape index (κ2) is 6.98. The van der Waals surface area contributed by atoms with Gasteiger partial charge in [-0.1, -0.05) is 6.07 Å². The molecule has 1 saturated heterocycles. The Bertz CT molecular complexity index is 864. The molecule has 3 aromatic rings. The Morgan fingerprint density at radius 2 is 2.16 bits per heavy atom. The summed E-state index contributed by atoms with van der Waals surface area (Å²) in [7, 11) is 0. The van der Waals surface area contributed by atoms with Crippen molar-refractivity contribution in [2.24, 2.45) is 0 Å². The van der Waals surface area contributed by atoms with E-state index in [1.807, 2.05) is 29.2 Å². The van der Waals surface area contributed by atoms with Crippen LogP contribution in [0.3, 0.4) is 0 Å². The monoisotopic (exact) mass is 337 g/mol. The predicted molar refractivity (Wildman–Crippen MR) is 91.8 cm³/mol. The zero-order chi connectivity index (χ0) is 17.1. The molecule has 2 aromatic heterocycles. The van der Waals surface area contributed by atoms with E-state index in [9.17, 15) is 4.79 Å². The lowest BCUT2D eigenvalue weighted by atomic mass is 10.1. The quantitative estimate of drug-likeness (QED) is 0.789. The summed E-state index contributed by atoms with van der Waals surface area (Å²) in [4.78, 5) is 18.9. The third-order valence-corrected chi connectivity index (χ3v) is 4.42. The van der Waals surface area contributed by atoms with Crippen molar-refractivity contribution in [1.29, 1.82) is 0 Å². The topological polar surface area (TPSA) is 84.0 Å². The average molecular weight is 337 g/mol. The van der Waals surface area contributed by atoms with Gasteiger partial charge in [-0.2, -0.15) is 15.4 Å². The van der Waals surface area contributed by atoms with Crippen LogP contribution in [0.5, 0.6) is 0 Å². The summed E-state index contributed by atoms with van der Waals surface area (Å²) in [6, 6.07) is 11.2. The maximum atomic E-state index is 12.8. The fourth-order valence-electron chi connectivity index (χ4n) is 3.10. The van der Waals surface area contributed by atoms with Crippen molar-refractivity contribution in [3.8, 4) is 0 Å². The molecule has 4 rings (SSSR count). The summed E-state index contributed by atoms with van der Waals surface area (Å²) in [6.07, 6.45) is 3.69. The van der Waals surface area contributed by atoms with E-state index >= 15 is 0 Å². The van der Waals surface area contributed by atoms with Crippen LogP contribution >= 0.6 is 0 Å². The second-order valence-corrected chi connectivity index (χ2v) is 6.17. The lowest BCUT2D eigenvalue weighted by molar-refractivity contribution is -0.00784. The predicted octanol–water partition coefficient (Wildman–Crippen LogP) is 2.17. The Morgan fingerprint density at radius 3 is 3.04 bits per heavy atom. The molecule has 0 radical (unpaired) electrons. The van der Waals surface area contributed by atoms with E-state index in [0.717, 1.165) is 30.6 Å². The van der Waals surface area contributed by atoms with Gasteiger partial charge in [0.15, 0.2) is 0 Å². The number of ether oxygens (including phenoxy) is 1. The van der Waals surface area contributed by atoms with Crippen LogP contribution in [0.2, 0.25) is 0 Å². The van der Waals surface area contributed by atoms with E-state index in [1.54, 1.807) is 18.3 Å². The number of benzene rings is 1. The number of piperidine rings is 1. The Morgan fingerprint density at radius 1 is 1.24 bits per heavy atom. The Kier molecular flexibility index (Phi) is 4.39. The molecule has 1 aromatic carbocycles. The highest BCUT2D eigenvalue weighted by Gasteiger charge is 2.25. The van der Waals surface area contributed by atoms with Crippen LogP contribution < -0.4 is 0 Å². The summed E-state index contributed by atoms with van der Waals surface area (Å²) in [6.45, 7) is 1.82. The van der Waals surface area contributed by atoms with Crippen LogP contribution in [0, 0.1) is 0 Å². The molecule has 1 N–H and O–H groups in total. The molecule has 1 aliphatic heterocycles. The van der Waals surface area contributed by atoms with Crippen LogP contribution in [0.15, 0.2) is 42.6 Å². The molecule has 0 spiro atoms. The maximum absolute atomic E-state index is 12.8. The van der Waals surface area contributed by atoms with Crippen molar-refractivity contribution in [3.05, 3.63) is 53.9 Å². The van der Waals surface area contributed by atoms with E-state index in [-0.39, 0.29) is 12.0 Å². The molecule has 3 heterocycles. The van der Waals surface area contributed by atoms with Crippen molar-refractivity contribution in [2.45, 2.75) is 25.6 Å². The molecule has 1 amide bonds. The Hall–Kier alpha value is -2.80. The van der Waals surface area contributed by atoms with Gasteiger partial charge in [0.1, 0.15) is 11.0 Å². The molecule has 0 aliphatic carbocycles. The molecule has 7 heteroatoms. The van der Waals surface area contributed by atoms with E-state index in [0.29, 0.717) is 24.2 Å². The molecule has 7 nitrogen and oxygen atoms in total. The summed E-state index contributed by atoms with van der Waals surface area (Å²) < 4.78 is 5.96. The fourth-order valence-corrected chi connectivity index (χ4v) is 3.10. The third-order valence-electron chi connectivity index (χ3n) is 4.42. The first kappa shape index (κ1) is 15.7. The second-order valence-electron chi connectivity index (χ2n) is 6.17. The number of hydrogen-bond acceptors (Lipinski definition) is 5. The van der Waals surface area contributed by atoms with Crippen molar-refractivity contribution < 1.29 is 9.53 Å². The summed E-state index contributed by atoms with van der Waals surface area (Å²) in [5.41, 5.74) is 2.99. The molecule has 25 heavy (non-hydrogen) atoms. The number of H-pyrrole nitrogens is 1. The molecule has 128 valence electrons. The minimum Gasteiger partial charge on any atom is -0.370 e. The highest BCUT2D eigenvalue weighted by Crippen LogP contribution is 2.19. The van der Waals surface area contributed by atoms with Gasteiger partial charge in [-0.15, -0.1) is 0 Å². The molecular formula is C18H19N5O2. The van der Waals surface area contributed by atoms with Crippen molar-refractivity contribution in [2.75, 3.05) is 13.1 Å². The van der Waals surface area contributed by atoms with Crippen LogP contribution in [0.1, 0.15) is 28.9 Å². The maximum Gasteiger partial charge on any atom is 0.254 e. The van der Waals surface area contributed by atoms with Gasteiger partial charge in [-0.25, -0.2) is 0 Å². The van der Waals surface area contributed by atoms with E-state index < -0.39 is 0 Å². The molecule has 1 atom stereocenters. The summed E-state index contributed by atoms with van der Waals surface area (Å²) >= 11 is 0. The van der Waals surface area contributed by atoms with Gasteiger partial charge < -0.3 is 9.64 Å². The first-order valence-corrected chi connectivity index (χ1v) is 8.41. The smallest absolute Gasteiger partial charge is 0.254 e. The van der Waals surface area contributed by atoms with E-state index in [2.05, 4.69) is 20.4 Å². The lowest BCUT2D eigenvalue weighted by Gasteiger charge is -2.32. The number of nitrogens with one attached hydrogen (secondary N) is 1. The zero-order valence-corrected chi connectivity index (χ0v) is 13.8. The highest BCUT2D eigenvalue weighted by atomic mass is 16.5. The van der Waals surface area contributed by atoms with Gasteiger partial charge in [0.2, 0.25) is 0 Å². The number of aromatic amines is 1. The minimum atomic E-state index is 0.0102. The third kappa shape index (κ3) is 3.51. The highest BCUT2D eigenvalue weighted by molar-refractivity contribution is 5.97. The summed E-state index contributed by atoms with van der Waals surface area (Å²) in [5.74, 6) is 0.0102. The molecular weight excluding hydrogens is 318 g/mol. The van der Waals surface area contributed by atoms with Crippen molar-refractivity contribution in [3.63, 3.8) is 0 Å². The number of fused-ring (bicyclic) bond motifs is 1. The first-order chi connectivity index (χ1) is 12.3. The average Bonchev–Trinajstić information content (AvgIpc) is 3.14. The number of likely N-dealkylation sites (tertiary alicyclic amines) is 1. The first-order valence-electron chi connectivity index (χ1n) is 8.41. The van der Waals surface area contributed by atoms with Gasteiger partial charge in [-0.3, -0.25) is 9.78 Å². The number of rotatable bonds is 4. The normalized spacial score (nSPS) is 17.8. The molecule has 1 unspecified atom stereocenters.